The molecule has 0 aromatic heterocycles. The summed E-state index contributed by atoms with van der Waals surface area (Å²) in [5, 5.41) is 1.28. The maximum absolute atomic E-state index is 12.1. The third-order valence-corrected chi connectivity index (χ3v) is 4.55. The lowest BCUT2D eigenvalue weighted by molar-refractivity contribution is -0.129. The summed E-state index contributed by atoms with van der Waals surface area (Å²) in [6.45, 7) is 1.76. The van der Waals surface area contributed by atoms with Crippen LogP contribution in [0.1, 0.15) is 12.0 Å². The number of halogens is 1. The van der Waals surface area contributed by atoms with E-state index in [9.17, 15) is 4.79 Å². The van der Waals surface area contributed by atoms with Gasteiger partial charge in [-0.3, -0.25) is 4.79 Å². The first kappa shape index (κ1) is 12.8. The average Bonchev–Trinajstić information content (AvgIpc) is 2.81. The highest BCUT2D eigenvalue weighted by Crippen LogP contribution is 2.22. The van der Waals surface area contributed by atoms with Crippen LogP contribution in [-0.4, -0.2) is 35.4 Å². The Labute approximate surface area is 111 Å². The summed E-state index contributed by atoms with van der Waals surface area (Å²) < 4.78 is 0. The summed E-state index contributed by atoms with van der Waals surface area (Å²) in [5.41, 5.74) is 0.923. The van der Waals surface area contributed by atoms with E-state index in [0.29, 0.717) is 16.7 Å². The Hall–Kier alpha value is -0.670. The molecule has 2 rings (SSSR count). The maximum Gasteiger partial charge on any atom is 0.227 e. The molecule has 17 heavy (non-hydrogen) atoms. The van der Waals surface area contributed by atoms with Crippen LogP contribution in [0.25, 0.3) is 0 Å². The molecule has 0 bridgehead atoms. The van der Waals surface area contributed by atoms with Crippen molar-refractivity contribution in [2.75, 3.05) is 19.3 Å². The molecule has 1 saturated heterocycles. The molecule has 0 spiro atoms. The largest absolute Gasteiger partial charge is 0.341 e. The lowest BCUT2D eigenvalue weighted by atomic mass is 10.1. The third kappa shape index (κ3) is 3.17. The topological polar surface area (TPSA) is 20.3 Å². The lowest BCUT2D eigenvalue weighted by Crippen LogP contribution is -2.30. The van der Waals surface area contributed by atoms with Gasteiger partial charge in [-0.15, -0.1) is 0 Å². The van der Waals surface area contributed by atoms with Gasteiger partial charge in [0.15, 0.2) is 0 Å². The molecule has 1 unspecified atom stereocenters. The zero-order valence-corrected chi connectivity index (χ0v) is 11.4. The quantitative estimate of drug-likeness (QED) is 0.841. The van der Waals surface area contributed by atoms with Gasteiger partial charge in [0.05, 0.1) is 6.42 Å². The van der Waals surface area contributed by atoms with Crippen LogP contribution in [-0.2, 0) is 11.2 Å². The number of carbonyl (C=O) groups is 1. The van der Waals surface area contributed by atoms with Crippen LogP contribution in [0.4, 0.5) is 0 Å². The van der Waals surface area contributed by atoms with E-state index in [1.807, 2.05) is 40.9 Å². The molecule has 92 valence electrons. The molecule has 1 fully saturated rings. The molecule has 1 aliphatic heterocycles. The molecule has 0 radical (unpaired) electrons. The summed E-state index contributed by atoms with van der Waals surface area (Å²) in [6, 6.07) is 7.56. The number of likely N-dealkylation sites (tertiary alicyclic amines) is 1. The standard InChI is InChI=1S/C13H16ClNOS/c1-17-11-6-7-15(9-11)13(16)8-10-4-2-3-5-12(10)14/h2-5,11H,6-9H2,1H3. The fourth-order valence-corrected chi connectivity index (χ4v) is 2.94. The van der Waals surface area contributed by atoms with Gasteiger partial charge in [0, 0.05) is 23.4 Å². The number of amides is 1. The second-order valence-corrected chi connectivity index (χ2v) is 5.80. The van der Waals surface area contributed by atoms with E-state index in [1.165, 1.54) is 0 Å². The van der Waals surface area contributed by atoms with Crippen molar-refractivity contribution in [2.24, 2.45) is 0 Å². The van der Waals surface area contributed by atoms with Crippen LogP contribution in [0, 0.1) is 0 Å². The Kier molecular flexibility index (Phi) is 4.35. The van der Waals surface area contributed by atoms with E-state index in [2.05, 4.69) is 6.26 Å². The minimum Gasteiger partial charge on any atom is -0.341 e. The van der Waals surface area contributed by atoms with Gasteiger partial charge in [0.2, 0.25) is 5.91 Å². The maximum atomic E-state index is 12.1. The van der Waals surface area contributed by atoms with E-state index < -0.39 is 0 Å². The highest BCUT2D eigenvalue weighted by Gasteiger charge is 2.25. The van der Waals surface area contributed by atoms with Gasteiger partial charge in [-0.25, -0.2) is 0 Å². The van der Waals surface area contributed by atoms with Crippen LogP contribution in [0.15, 0.2) is 24.3 Å². The number of nitrogens with zero attached hydrogens (tertiary/aromatic N) is 1. The van der Waals surface area contributed by atoms with E-state index in [0.717, 1.165) is 25.1 Å². The van der Waals surface area contributed by atoms with Gasteiger partial charge in [-0.2, -0.15) is 11.8 Å². The van der Waals surface area contributed by atoms with Crippen molar-refractivity contribution >= 4 is 29.3 Å². The Bertz CT molecular complexity index is 410. The highest BCUT2D eigenvalue weighted by atomic mass is 35.5. The molecule has 1 aliphatic rings. The van der Waals surface area contributed by atoms with Gasteiger partial charge in [0.25, 0.3) is 0 Å². The van der Waals surface area contributed by atoms with Crippen molar-refractivity contribution < 1.29 is 4.79 Å². The van der Waals surface area contributed by atoms with Crippen molar-refractivity contribution in [3.05, 3.63) is 34.9 Å². The minimum absolute atomic E-state index is 0.189. The van der Waals surface area contributed by atoms with Crippen LogP contribution in [0.2, 0.25) is 5.02 Å². The van der Waals surface area contributed by atoms with Crippen LogP contribution in [0.3, 0.4) is 0 Å². The van der Waals surface area contributed by atoms with Crippen molar-refractivity contribution in [1.29, 1.82) is 0 Å². The number of rotatable bonds is 3. The monoisotopic (exact) mass is 269 g/mol. The first-order valence-electron chi connectivity index (χ1n) is 5.74. The zero-order chi connectivity index (χ0) is 12.3. The van der Waals surface area contributed by atoms with E-state index in [-0.39, 0.29) is 5.91 Å². The number of hydrogen-bond acceptors (Lipinski definition) is 2. The van der Waals surface area contributed by atoms with Crippen LogP contribution < -0.4 is 0 Å². The lowest BCUT2D eigenvalue weighted by Gasteiger charge is -2.16. The molecule has 1 amide bonds. The van der Waals surface area contributed by atoms with Gasteiger partial charge in [-0.05, 0) is 24.3 Å². The molecular formula is C13H16ClNOS. The summed E-state index contributed by atoms with van der Waals surface area (Å²) in [6.07, 6.45) is 3.63. The fourth-order valence-electron chi connectivity index (χ4n) is 2.06. The van der Waals surface area contributed by atoms with Gasteiger partial charge in [0.1, 0.15) is 0 Å². The van der Waals surface area contributed by atoms with Crippen LogP contribution in [0.5, 0.6) is 0 Å². The molecule has 1 heterocycles. The number of thioether (sulfide) groups is 1. The molecule has 0 aliphatic carbocycles. The smallest absolute Gasteiger partial charge is 0.227 e. The molecule has 4 heteroatoms. The van der Waals surface area contributed by atoms with Crippen LogP contribution >= 0.6 is 23.4 Å². The first-order chi connectivity index (χ1) is 8.20. The van der Waals surface area contributed by atoms with Crippen molar-refractivity contribution in [2.45, 2.75) is 18.1 Å². The van der Waals surface area contributed by atoms with E-state index >= 15 is 0 Å². The Morgan fingerprint density at radius 1 is 1.53 bits per heavy atom. The number of hydrogen-bond donors (Lipinski definition) is 0. The minimum atomic E-state index is 0.189. The second kappa shape index (κ2) is 5.78. The number of benzene rings is 1. The van der Waals surface area contributed by atoms with E-state index in [4.69, 9.17) is 11.6 Å². The fraction of sp³-hybridized carbons (Fsp3) is 0.462. The van der Waals surface area contributed by atoms with Gasteiger partial charge in [-0.1, -0.05) is 29.8 Å². The molecule has 1 aromatic rings. The molecule has 1 aromatic carbocycles. The first-order valence-corrected chi connectivity index (χ1v) is 7.41. The SMILES string of the molecule is CSC1CCN(C(=O)Cc2ccccc2Cl)C1. The van der Waals surface area contributed by atoms with Crippen molar-refractivity contribution in [3.63, 3.8) is 0 Å². The number of carbonyl (C=O) groups excluding carboxylic acids is 1. The second-order valence-electron chi connectivity index (χ2n) is 4.25. The summed E-state index contributed by atoms with van der Waals surface area (Å²) in [7, 11) is 0. The van der Waals surface area contributed by atoms with Gasteiger partial charge < -0.3 is 4.90 Å². The van der Waals surface area contributed by atoms with Gasteiger partial charge >= 0.3 is 0 Å². The molecule has 2 nitrogen and oxygen atoms in total. The summed E-state index contributed by atoms with van der Waals surface area (Å²) in [4.78, 5) is 14.0. The summed E-state index contributed by atoms with van der Waals surface area (Å²) >= 11 is 7.90. The predicted molar refractivity (Wildman–Crippen MR) is 73.7 cm³/mol. The Balaban J connectivity index is 1.96. The predicted octanol–water partition coefficient (Wildman–Crippen LogP) is 2.85. The average molecular weight is 270 g/mol. The molecular weight excluding hydrogens is 254 g/mol. The normalized spacial score (nSPS) is 19.6. The third-order valence-electron chi connectivity index (χ3n) is 3.13. The van der Waals surface area contributed by atoms with Crippen molar-refractivity contribution in [1.82, 2.24) is 4.90 Å². The summed E-state index contributed by atoms with van der Waals surface area (Å²) in [5.74, 6) is 0.189. The zero-order valence-electron chi connectivity index (χ0n) is 9.86. The Morgan fingerprint density at radius 2 is 2.29 bits per heavy atom. The molecule has 1 atom stereocenters. The highest BCUT2D eigenvalue weighted by molar-refractivity contribution is 7.99. The van der Waals surface area contributed by atoms with E-state index in [1.54, 1.807) is 0 Å². The van der Waals surface area contributed by atoms with Crippen molar-refractivity contribution in [3.8, 4) is 0 Å². The molecule has 0 N–H and O–H groups in total. The molecule has 0 saturated carbocycles. The Morgan fingerprint density at radius 3 is 2.94 bits per heavy atom.